The lowest BCUT2D eigenvalue weighted by molar-refractivity contribution is 0.194. The van der Waals surface area contributed by atoms with Crippen LogP contribution in [0.1, 0.15) is 25.5 Å². The summed E-state index contributed by atoms with van der Waals surface area (Å²) in [6.07, 6.45) is 2.03. The summed E-state index contributed by atoms with van der Waals surface area (Å²) in [5.74, 6) is 0. The Balaban J connectivity index is 2.07. The molecule has 0 fully saturated rings. The molecule has 1 N–H and O–H groups in total. The zero-order valence-corrected chi connectivity index (χ0v) is 12.9. The number of benzene rings is 1. The van der Waals surface area contributed by atoms with Gasteiger partial charge in [0.05, 0.1) is 6.54 Å². The molecule has 2 rings (SSSR count). The largest absolute Gasteiger partial charge is 0.385 e. The minimum atomic E-state index is 0.734. The Morgan fingerprint density at radius 3 is 2.71 bits per heavy atom. The molecule has 0 radical (unpaired) electrons. The van der Waals surface area contributed by atoms with Crippen LogP contribution in [0.4, 0.5) is 0 Å². The molecule has 0 atom stereocenters. The third-order valence-electron chi connectivity index (χ3n) is 3.19. The van der Waals surface area contributed by atoms with Crippen LogP contribution >= 0.6 is 0 Å². The molecule has 114 valence electrons. The molecule has 1 aromatic carbocycles. The van der Waals surface area contributed by atoms with Gasteiger partial charge in [-0.3, -0.25) is 0 Å². The van der Waals surface area contributed by atoms with Crippen molar-refractivity contribution in [1.29, 1.82) is 0 Å². The lowest BCUT2D eigenvalue weighted by Gasteiger charge is -2.03. The molecule has 21 heavy (non-hydrogen) atoms. The molecule has 5 nitrogen and oxygen atoms in total. The normalized spacial score (nSPS) is 11.0. The Hall–Kier alpha value is -1.72. The fraction of sp³-hybridized carbons (Fsp3) is 0.500. The first-order valence-electron chi connectivity index (χ1n) is 7.54. The summed E-state index contributed by atoms with van der Waals surface area (Å²) in [5, 5.41) is 12.6. The van der Waals surface area contributed by atoms with Crippen LogP contribution in [0.3, 0.4) is 0 Å². The molecule has 0 aliphatic carbocycles. The zero-order chi connectivity index (χ0) is 14.9. The summed E-state index contributed by atoms with van der Waals surface area (Å²) in [6.45, 7) is 5.42. The van der Waals surface area contributed by atoms with Crippen molar-refractivity contribution in [3.63, 3.8) is 0 Å². The van der Waals surface area contributed by atoms with Crippen LogP contribution in [-0.4, -0.2) is 35.3 Å². The van der Waals surface area contributed by atoms with Gasteiger partial charge in [0.2, 0.25) is 0 Å². The second-order valence-corrected chi connectivity index (χ2v) is 4.98. The van der Waals surface area contributed by atoms with Crippen LogP contribution in [0.2, 0.25) is 0 Å². The maximum absolute atomic E-state index is 5.05. The van der Waals surface area contributed by atoms with E-state index in [1.807, 2.05) is 18.2 Å². The first-order valence-corrected chi connectivity index (χ1v) is 7.54. The van der Waals surface area contributed by atoms with E-state index in [9.17, 15) is 0 Å². The molecule has 5 heteroatoms. The average Bonchev–Trinajstić information content (AvgIpc) is 2.91. The van der Waals surface area contributed by atoms with E-state index in [4.69, 9.17) is 4.74 Å². The van der Waals surface area contributed by atoms with Gasteiger partial charge in [-0.15, -0.1) is 0 Å². The van der Waals surface area contributed by atoms with Gasteiger partial charge < -0.3 is 10.1 Å². The van der Waals surface area contributed by atoms with Gasteiger partial charge in [0.15, 0.2) is 0 Å². The third-order valence-corrected chi connectivity index (χ3v) is 3.19. The van der Waals surface area contributed by atoms with E-state index in [2.05, 4.69) is 34.6 Å². The molecule has 0 spiro atoms. The maximum atomic E-state index is 5.05. The van der Waals surface area contributed by atoms with E-state index in [0.29, 0.717) is 0 Å². The number of hydrogen-bond acceptors (Lipinski definition) is 4. The molecular weight excluding hydrogens is 264 g/mol. The number of ether oxygens (including phenoxy) is 1. The van der Waals surface area contributed by atoms with Crippen molar-refractivity contribution in [2.75, 3.05) is 20.3 Å². The van der Waals surface area contributed by atoms with Crippen molar-refractivity contribution in [1.82, 2.24) is 20.3 Å². The highest BCUT2D eigenvalue weighted by atomic mass is 16.5. The van der Waals surface area contributed by atoms with Crippen molar-refractivity contribution in [3.8, 4) is 11.3 Å². The van der Waals surface area contributed by atoms with Crippen molar-refractivity contribution >= 4 is 0 Å². The number of nitrogens with zero attached hydrogens (tertiary/aromatic N) is 3. The van der Waals surface area contributed by atoms with Gasteiger partial charge in [0.25, 0.3) is 0 Å². The van der Waals surface area contributed by atoms with Gasteiger partial charge >= 0.3 is 0 Å². The van der Waals surface area contributed by atoms with Crippen LogP contribution in [0, 0.1) is 0 Å². The van der Waals surface area contributed by atoms with Crippen LogP contribution < -0.4 is 5.32 Å². The summed E-state index contributed by atoms with van der Waals surface area (Å²) >= 11 is 0. The molecule has 1 heterocycles. The van der Waals surface area contributed by atoms with E-state index in [1.165, 1.54) is 0 Å². The summed E-state index contributed by atoms with van der Waals surface area (Å²) in [4.78, 5) is 1.80. The monoisotopic (exact) mass is 288 g/mol. The van der Waals surface area contributed by atoms with Crippen LogP contribution in [0.5, 0.6) is 0 Å². The Morgan fingerprint density at radius 2 is 2.00 bits per heavy atom. The number of hydrogen-bond donors (Lipinski definition) is 1. The predicted molar refractivity (Wildman–Crippen MR) is 83.9 cm³/mol. The smallest absolute Gasteiger partial charge is 0.117 e. The minimum absolute atomic E-state index is 0.734. The second-order valence-electron chi connectivity index (χ2n) is 4.98. The molecule has 0 aliphatic heterocycles. The molecule has 0 bridgehead atoms. The Labute approximate surface area is 126 Å². The highest BCUT2D eigenvalue weighted by molar-refractivity contribution is 5.60. The van der Waals surface area contributed by atoms with Gasteiger partial charge in [-0.05, 0) is 19.4 Å². The SMILES string of the molecule is CCCn1nc(CNCCCOC)c(-c2ccccc2)n1. The topological polar surface area (TPSA) is 52.0 Å². The van der Waals surface area contributed by atoms with E-state index in [1.54, 1.807) is 11.9 Å². The highest BCUT2D eigenvalue weighted by Gasteiger charge is 2.12. The summed E-state index contributed by atoms with van der Waals surface area (Å²) in [6, 6.07) is 10.2. The minimum Gasteiger partial charge on any atom is -0.385 e. The van der Waals surface area contributed by atoms with Gasteiger partial charge in [0.1, 0.15) is 11.4 Å². The fourth-order valence-corrected chi connectivity index (χ4v) is 2.17. The number of aryl methyl sites for hydroxylation is 1. The molecule has 0 aliphatic rings. The molecule has 0 saturated heterocycles. The van der Waals surface area contributed by atoms with E-state index < -0.39 is 0 Å². The lowest BCUT2D eigenvalue weighted by Crippen LogP contribution is -2.17. The quantitative estimate of drug-likeness (QED) is 0.720. The van der Waals surface area contributed by atoms with Crippen molar-refractivity contribution in [3.05, 3.63) is 36.0 Å². The molecular formula is C16H24N4O. The predicted octanol–water partition coefficient (Wildman–Crippen LogP) is 2.48. The van der Waals surface area contributed by atoms with Crippen molar-refractivity contribution < 1.29 is 4.74 Å². The Morgan fingerprint density at radius 1 is 1.19 bits per heavy atom. The number of nitrogens with one attached hydrogen (secondary N) is 1. The molecule has 2 aromatic rings. The van der Waals surface area contributed by atoms with E-state index in [0.717, 1.165) is 56.0 Å². The lowest BCUT2D eigenvalue weighted by atomic mass is 10.1. The van der Waals surface area contributed by atoms with Gasteiger partial charge in [-0.25, -0.2) is 0 Å². The Kier molecular flexibility index (Phi) is 6.37. The first-order chi connectivity index (χ1) is 10.3. The van der Waals surface area contributed by atoms with E-state index in [-0.39, 0.29) is 0 Å². The third kappa shape index (κ3) is 4.65. The van der Waals surface area contributed by atoms with E-state index >= 15 is 0 Å². The number of methoxy groups -OCH3 is 1. The van der Waals surface area contributed by atoms with Gasteiger partial charge in [-0.1, -0.05) is 37.3 Å². The zero-order valence-electron chi connectivity index (χ0n) is 12.9. The summed E-state index contributed by atoms with van der Waals surface area (Å²) in [5.41, 5.74) is 3.10. The molecule has 0 saturated carbocycles. The van der Waals surface area contributed by atoms with Gasteiger partial charge in [0, 0.05) is 25.8 Å². The van der Waals surface area contributed by atoms with Crippen LogP contribution in [-0.2, 0) is 17.8 Å². The van der Waals surface area contributed by atoms with Crippen LogP contribution in [0.25, 0.3) is 11.3 Å². The Bertz CT molecular complexity index is 524. The van der Waals surface area contributed by atoms with Gasteiger partial charge in [-0.2, -0.15) is 15.0 Å². The number of rotatable bonds is 9. The fourth-order valence-electron chi connectivity index (χ4n) is 2.17. The second kappa shape index (κ2) is 8.54. The van der Waals surface area contributed by atoms with Crippen molar-refractivity contribution in [2.45, 2.75) is 32.9 Å². The molecule has 0 amide bonds. The molecule has 1 aromatic heterocycles. The standard InChI is InChI=1S/C16H24N4O/c1-3-11-20-18-15(13-17-10-7-12-21-2)16(19-20)14-8-5-4-6-9-14/h4-6,8-9,17H,3,7,10-13H2,1-2H3. The maximum Gasteiger partial charge on any atom is 0.117 e. The van der Waals surface area contributed by atoms with Crippen LogP contribution in [0.15, 0.2) is 30.3 Å². The first kappa shape index (κ1) is 15.7. The summed E-state index contributed by atoms with van der Waals surface area (Å²) < 4.78 is 5.05. The average molecular weight is 288 g/mol. The number of aromatic nitrogens is 3. The molecule has 0 unspecified atom stereocenters. The summed E-state index contributed by atoms with van der Waals surface area (Å²) in [7, 11) is 1.73. The van der Waals surface area contributed by atoms with Crippen molar-refractivity contribution in [2.24, 2.45) is 0 Å². The highest BCUT2D eigenvalue weighted by Crippen LogP contribution is 2.19.